The van der Waals surface area contributed by atoms with E-state index in [4.69, 9.17) is 12.2 Å². The Morgan fingerprint density at radius 1 is 1.14 bits per heavy atom. The van der Waals surface area contributed by atoms with Crippen molar-refractivity contribution in [3.05, 3.63) is 35.4 Å². The number of nitrogens with zero attached hydrogens (tertiary/aromatic N) is 1. The molecule has 0 aliphatic carbocycles. The smallest absolute Gasteiger partial charge is 0.251 e. The Hall–Kier alpha value is -2.15. The molecule has 2 amide bonds. The number of piperidine rings is 1. The molecule has 6 nitrogen and oxygen atoms in total. The predicted molar refractivity (Wildman–Crippen MR) is 121 cm³/mol. The monoisotopic (exact) mass is 418 g/mol. The highest BCUT2D eigenvalue weighted by atomic mass is 32.1. The first kappa shape index (κ1) is 23.1. The van der Waals surface area contributed by atoms with Crippen LogP contribution in [-0.4, -0.2) is 54.0 Å². The van der Waals surface area contributed by atoms with Gasteiger partial charge in [-0.1, -0.05) is 31.5 Å². The minimum absolute atomic E-state index is 0.0808. The second-order valence-corrected chi connectivity index (χ2v) is 8.50. The molecule has 1 aliphatic heterocycles. The summed E-state index contributed by atoms with van der Waals surface area (Å²) in [6.07, 6.45) is 1.61. The first-order valence-corrected chi connectivity index (χ1v) is 10.9. The van der Waals surface area contributed by atoms with Crippen molar-refractivity contribution < 1.29 is 9.59 Å². The van der Waals surface area contributed by atoms with Crippen molar-refractivity contribution in [1.29, 1.82) is 0 Å². The number of rotatable bonds is 7. The SMILES string of the molecule is CCNC(=S)N1CCC(C(NC(=O)c2ccc(C)cc2)C(=O)NCC(C)C)CC1. The van der Waals surface area contributed by atoms with E-state index in [0.717, 1.165) is 43.2 Å². The summed E-state index contributed by atoms with van der Waals surface area (Å²) in [7, 11) is 0. The summed E-state index contributed by atoms with van der Waals surface area (Å²) in [6.45, 7) is 11.1. The summed E-state index contributed by atoms with van der Waals surface area (Å²) in [5.41, 5.74) is 1.67. The molecule has 7 heteroatoms. The lowest BCUT2D eigenvalue weighted by molar-refractivity contribution is -0.124. The van der Waals surface area contributed by atoms with E-state index in [2.05, 4.69) is 34.7 Å². The zero-order valence-electron chi connectivity index (χ0n) is 18.0. The maximum Gasteiger partial charge on any atom is 0.251 e. The third-order valence-corrected chi connectivity index (χ3v) is 5.60. The lowest BCUT2D eigenvalue weighted by Crippen LogP contribution is -2.54. The van der Waals surface area contributed by atoms with Gasteiger partial charge in [0.05, 0.1) is 0 Å². The Morgan fingerprint density at radius 2 is 1.76 bits per heavy atom. The molecule has 1 unspecified atom stereocenters. The Morgan fingerprint density at radius 3 is 2.31 bits per heavy atom. The molecule has 3 N–H and O–H groups in total. The largest absolute Gasteiger partial charge is 0.363 e. The Bertz CT molecular complexity index is 697. The summed E-state index contributed by atoms with van der Waals surface area (Å²) in [6, 6.07) is 6.86. The van der Waals surface area contributed by atoms with E-state index in [0.29, 0.717) is 18.0 Å². The predicted octanol–water partition coefficient (Wildman–Crippen LogP) is 2.47. The van der Waals surface area contributed by atoms with E-state index in [1.807, 2.05) is 26.0 Å². The molecule has 1 heterocycles. The van der Waals surface area contributed by atoms with Gasteiger partial charge >= 0.3 is 0 Å². The van der Waals surface area contributed by atoms with E-state index < -0.39 is 6.04 Å². The molecule has 0 radical (unpaired) electrons. The summed E-state index contributed by atoms with van der Waals surface area (Å²) >= 11 is 5.41. The van der Waals surface area contributed by atoms with Crippen molar-refractivity contribution in [3.63, 3.8) is 0 Å². The number of benzene rings is 1. The summed E-state index contributed by atoms with van der Waals surface area (Å²) < 4.78 is 0. The summed E-state index contributed by atoms with van der Waals surface area (Å²) in [4.78, 5) is 27.8. The van der Waals surface area contributed by atoms with Gasteiger partial charge in [-0.3, -0.25) is 9.59 Å². The number of hydrogen-bond acceptors (Lipinski definition) is 3. The van der Waals surface area contributed by atoms with E-state index in [9.17, 15) is 9.59 Å². The Kier molecular flexibility index (Phi) is 8.89. The normalized spacial score (nSPS) is 15.7. The maximum atomic E-state index is 12.9. The quantitative estimate of drug-likeness (QED) is 0.593. The lowest BCUT2D eigenvalue weighted by atomic mass is 9.88. The van der Waals surface area contributed by atoms with Crippen LogP contribution in [0.15, 0.2) is 24.3 Å². The van der Waals surface area contributed by atoms with Crippen molar-refractivity contribution >= 4 is 29.1 Å². The molecule has 0 saturated carbocycles. The summed E-state index contributed by atoms with van der Waals surface area (Å²) in [5.74, 6) is 0.121. The van der Waals surface area contributed by atoms with Crippen LogP contribution in [0.2, 0.25) is 0 Å². The Balaban J connectivity index is 2.07. The molecule has 2 rings (SSSR count). The van der Waals surface area contributed by atoms with Crippen LogP contribution in [0.1, 0.15) is 49.5 Å². The number of carbonyl (C=O) groups is 2. The number of carbonyl (C=O) groups excluding carboxylic acids is 2. The third kappa shape index (κ3) is 6.99. The fourth-order valence-corrected chi connectivity index (χ4v) is 3.77. The number of hydrogen-bond donors (Lipinski definition) is 3. The van der Waals surface area contributed by atoms with Gasteiger partial charge in [-0.15, -0.1) is 0 Å². The van der Waals surface area contributed by atoms with Crippen molar-refractivity contribution in [3.8, 4) is 0 Å². The molecule has 1 fully saturated rings. The van der Waals surface area contributed by atoms with Gasteiger partial charge in [-0.2, -0.15) is 0 Å². The van der Waals surface area contributed by atoms with Crippen LogP contribution >= 0.6 is 12.2 Å². The van der Waals surface area contributed by atoms with Gasteiger partial charge in [-0.25, -0.2) is 0 Å². The van der Waals surface area contributed by atoms with Crippen LogP contribution in [0.25, 0.3) is 0 Å². The molecule has 1 atom stereocenters. The average Bonchev–Trinajstić information content (AvgIpc) is 2.71. The van der Waals surface area contributed by atoms with Crippen LogP contribution in [0.4, 0.5) is 0 Å². The fourth-order valence-electron chi connectivity index (χ4n) is 3.44. The molecule has 0 aromatic heterocycles. The molecule has 1 aromatic carbocycles. The van der Waals surface area contributed by atoms with E-state index in [1.54, 1.807) is 12.1 Å². The van der Waals surface area contributed by atoms with Crippen LogP contribution in [0.5, 0.6) is 0 Å². The molecule has 29 heavy (non-hydrogen) atoms. The molecule has 1 aromatic rings. The van der Waals surface area contributed by atoms with Gasteiger partial charge < -0.3 is 20.9 Å². The highest BCUT2D eigenvalue weighted by Crippen LogP contribution is 2.22. The maximum absolute atomic E-state index is 12.9. The molecule has 160 valence electrons. The lowest BCUT2D eigenvalue weighted by Gasteiger charge is -2.37. The second kappa shape index (κ2) is 11.1. The molecule has 0 bridgehead atoms. The number of aryl methyl sites for hydroxylation is 1. The molecular weight excluding hydrogens is 384 g/mol. The second-order valence-electron chi connectivity index (χ2n) is 8.12. The average molecular weight is 419 g/mol. The minimum atomic E-state index is -0.544. The first-order chi connectivity index (χ1) is 13.8. The highest BCUT2D eigenvalue weighted by molar-refractivity contribution is 7.80. The number of thiocarbonyl (C=S) groups is 1. The van der Waals surface area contributed by atoms with E-state index in [-0.39, 0.29) is 17.7 Å². The Labute approximate surface area is 179 Å². The number of amides is 2. The highest BCUT2D eigenvalue weighted by Gasteiger charge is 2.33. The van der Waals surface area contributed by atoms with Gasteiger partial charge in [0.2, 0.25) is 5.91 Å². The van der Waals surface area contributed by atoms with Gasteiger partial charge in [0.25, 0.3) is 5.91 Å². The van der Waals surface area contributed by atoms with Crippen LogP contribution < -0.4 is 16.0 Å². The van der Waals surface area contributed by atoms with E-state index in [1.165, 1.54) is 0 Å². The summed E-state index contributed by atoms with van der Waals surface area (Å²) in [5, 5.41) is 9.93. The van der Waals surface area contributed by atoms with Crippen LogP contribution in [-0.2, 0) is 4.79 Å². The van der Waals surface area contributed by atoms with Crippen molar-refractivity contribution in [2.24, 2.45) is 11.8 Å². The van der Waals surface area contributed by atoms with E-state index >= 15 is 0 Å². The van der Waals surface area contributed by atoms with Crippen molar-refractivity contribution in [2.45, 2.75) is 46.6 Å². The zero-order chi connectivity index (χ0) is 21.4. The standard InChI is InChI=1S/C22H34N4O2S/c1-5-23-22(29)26-12-10-17(11-13-26)19(21(28)24-14-15(2)3)25-20(27)18-8-6-16(4)7-9-18/h6-9,15,17,19H,5,10-14H2,1-4H3,(H,23,29)(H,24,28)(H,25,27). The molecule has 1 saturated heterocycles. The third-order valence-electron chi connectivity index (χ3n) is 5.19. The van der Waals surface area contributed by atoms with Crippen molar-refractivity contribution in [1.82, 2.24) is 20.9 Å². The minimum Gasteiger partial charge on any atom is -0.363 e. The van der Waals surface area contributed by atoms with Gasteiger partial charge in [0.1, 0.15) is 6.04 Å². The van der Waals surface area contributed by atoms with Crippen LogP contribution in [0, 0.1) is 18.8 Å². The topological polar surface area (TPSA) is 73.5 Å². The van der Waals surface area contributed by atoms with Gasteiger partial charge in [0.15, 0.2) is 5.11 Å². The van der Waals surface area contributed by atoms with Crippen molar-refractivity contribution in [2.75, 3.05) is 26.2 Å². The zero-order valence-corrected chi connectivity index (χ0v) is 18.8. The number of nitrogens with one attached hydrogen (secondary N) is 3. The van der Waals surface area contributed by atoms with Gasteiger partial charge in [0, 0.05) is 31.7 Å². The molecular formula is C22H34N4O2S. The first-order valence-electron chi connectivity index (χ1n) is 10.5. The molecule has 1 aliphatic rings. The van der Waals surface area contributed by atoms with Gasteiger partial charge in [-0.05, 0) is 62.9 Å². The number of likely N-dealkylation sites (tertiary alicyclic amines) is 1. The molecule has 0 spiro atoms. The van der Waals surface area contributed by atoms with Crippen LogP contribution in [0.3, 0.4) is 0 Å². The fraction of sp³-hybridized carbons (Fsp3) is 0.591.